The van der Waals surface area contributed by atoms with Crippen LogP contribution >= 0.6 is 0 Å². The summed E-state index contributed by atoms with van der Waals surface area (Å²) >= 11 is 0. The maximum Gasteiger partial charge on any atom is 0.334 e. The van der Waals surface area contributed by atoms with Crippen molar-refractivity contribution < 1.29 is 10.9 Å². The second kappa shape index (κ2) is 3.47. The molecule has 1 saturated carbocycles. The van der Waals surface area contributed by atoms with Crippen LogP contribution in [0.4, 0.5) is 0 Å². The number of carbonyl (C=O) groups is 1. The zero-order valence-electron chi connectivity index (χ0n) is 11.5. The SMILES string of the molecule is [2H]C=C1C(=O)O[C@@H]2C[C@@]3(C)CCC[C@H](C)C3=C[C@H]12. The average molecular weight is 233 g/mol. The third-order valence-electron chi connectivity index (χ3n) is 4.86. The molecular formula is C15H20O2. The first-order valence-electron chi connectivity index (χ1n) is 7.14. The Labute approximate surface area is 104 Å². The quantitative estimate of drug-likeness (QED) is 0.365. The van der Waals surface area contributed by atoms with Crippen molar-refractivity contribution in [3.05, 3.63) is 23.8 Å². The molecule has 1 saturated heterocycles. The summed E-state index contributed by atoms with van der Waals surface area (Å²) in [5.41, 5.74) is 2.23. The molecule has 0 unspecified atom stereocenters. The van der Waals surface area contributed by atoms with Gasteiger partial charge in [0.15, 0.2) is 0 Å². The minimum absolute atomic E-state index is 0.0265. The lowest BCUT2D eigenvalue weighted by atomic mass is 9.60. The standard InChI is InChI=1S/C15H20O2/c1-9-5-4-6-15(3)8-13-11(7-12(9)15)10(2)14(16)17-13/h7,9,11,13H,2,4-6,8H2,1,3H3/t9-,11+,13+,15+/m0/s1/i2D. The van der Waals surface area contributed by atoms with E-state index in [1.54, 1.807) is 0 Å². The van der Waals surface area contributed by atoms with Crippen LogP contribution in [0.2, 0.25) is 0 Å². The number of fused-ring (bicyclic) bond motifs is 2. The second-order valence-electron chi connectivity index (χ2n) is 6.10. The van der Waals surface area contributed by atoms with Gasteiger partial charge in [0.05, 0.1) is 1.37 Å². The van der Waals surface area contributed by atoms with Crippen LogP contribution in [0, 0.1) is 17.3 Å². The maximum absolute atomic E-state index is 11.7. The van der Waals surface area contributed by atoms with Crippen molar-refractivity contribution in [3.63, 3.8) is 0 Å². The molecule has 3 rings (SSSR count). The topological polar surface area (TPSA) is 26.3 Å². The smallest absolute Gasteiger partial charge is 0.334 e. The fourth-order valence-electron chi connectivity index (χ4n) is 3.90. The molecule has 92 valence electrons. The zero-order valence-corrected chi connectivity index (χ0v) is 10.5. The Morgan fingerprint density at radius 3 is 3.24 bits per heavy atom. The molecule has 1 heterocycles. The largest absolute Gasteiger partial charge is 0.458 e. The van der Waals surface area contributed by atoms with Crippen LogP contribution in [0.3, 0.4) is 0 Å². The first-order chi connectivity index (χ1) is 8.55. The molecule has 0 N–H and O–H groups in total. The molecule has 0 amide bonds. The number of ether oxygens (including phenoxy) is 1. The highest BCUT2D eigenvalue weighted by Crippen LogP contribution is 2.53. The highest BCUT2D eigenvalue weighted by molar-refractivity contribution is 5.91. The summed E-state index contributed by atoms with van der Waals surface area (Å²) in [5, 5.41) is 0. The monoisotopic (exact) mass is 233 g/mol. The average Bonchev–Trinajstić information content (AvgIpc) is 2.60. The summed E-state index contributed by atoms with van der Waals surface area (Å²) in [4.78, 5) is 11.7. The van der Waals surface area contributed by atoms with E-state index in [0.29, 0.717) is 11.5 Å². The van der Waals surface area contributed by atoms with Crippen molar-refractivity contribution in [3.8, 4) is 0 Å². The van der Waals surface area contributed by atoms with Crippen LogP contribution in [0.25, 0.3) is 0 Å². The predicted octanol–water partition coefficient (Wildman–Crippen LogP) is 3.24. The zero-order chi connectivity index (χ0) is 12.9. The number of esters is 1. The van der Waals surface area contributed by atoms with Crippen LogP contribution in [0.5, 0.6) is 0 Å². The Bertz CT molecular complexity index is 451. The van der Waals surface area contributed by atoms with Gasteiger partial charge in [-0.1, -0.05) is 38.5 Å². The molecule has 2 fully saturated rings. The van der Waals surface area contributed by atoms with E-state index in [0.717, 1.165) is 6.42 Å². The molecule has 0 aromatic carbocycles. The van der Waals surface area contributed by atoms with Crippen molar-refractivity contribution in [1.82, 2.24) is 0 Å². The number of allylic oxidation sites excluding steroid dienone is 1. The van der Waals surface area contributed by atoms with Crippen LogP contribution in [0.15, 0.2) is 23.8 Å². The first-order valence-corrected chi connectivity index (χ1v) is 6.57. The van der Waals surface area contributed by atoms with Crippen molar-refractivity contribution in [2.75, 3.05) is 0 Å². The summed E-state index contributed by atoms with van der Waals surface area (Å²) in [6.45, 7) is 5.77. The molecule has 2 nitrogen and oxygen atoms in total. The van der Waals surface area contributed by atoms with Gasteiger partial charge >= 0.3 is 5.97 Å². The summed E-state index contributed by atoms with van der Waals surface area (Å²) < 4.78 is 12.8. The molecule has 2 heteroatoms. The normalized spacial score (nSPS) is 48.0. The van der Waals surface area contributed by atoms with E-state index in [9.17, 15) is 4.79 Å². The van der Waals surface area contributed by atoms with Crippen molar-refractivity contribution in [2.24, 2.45) is 17.3 Å². The van der Waals surface area contributed by atoms with Gasteiger partial charge in [-0.25, -0.2) is 4.79 Å². The fourth-order valence-corrected chi connectivity index (χ4v) is 3.90. The van der Waals surface area contributed by atoms with Gasteiger partial charge in [-0.3, -0.25) is 0 Å². The Kier molecular flexibility index (Phi) is 2.03. The third kappa shape index (κ3) is 1.50. The molecule has 17 heavy (non-hydrogen) atoms. The van der Waals surface area contributed by atoms with Gasteiger partial charge in [0, 0.05) is 11.5 Å². The summed E-state index contributed by atoms with van der Waals surface area (Å²) in [7, 11) is 0. The Morgan fingerprint density at radius 2 is 2.47 bits per heavy atom. The maximum atomic E-state index is 11.7. The number of rotatable bonds is 0. The van der Waals surface area contributed by atoms with Gasteiger partial charge in [0.25, 0.3) is 0 Å². The highest BCUT2D eigenvalue weighted by atomic mass is 16.6. The van der Waals surface area contributed by atoms with Gasteiger partial charge in [0.2, 0.25) is 0 Å². The van der Waals surface area contributed by atoms with E-state index in [-0.39, 0.29) is 23.4 Å². The van der Waals surface area contributed by atoms with Crippen LogP contribution in [-0.4, -0.2) is 12.1 Å². The molecule has 0 bridgehead atoms. The Hall–Kier alpha value is -1.05. The van der Waals surface area contributed by atoms with Gasteiger partial charge < -0.3 is 4.74 Å². The lowest BCUT2D eigenvalue weighted by molar-refractivity contribution is -0.140. The molecule has 2 aliphatic carbocycles. The molecule has 3 aliphatic rings. The van der Waals surface area contributed by atoms with E-state index in [4.69, 9.17) is 6.11 Å². The van der Waals surface area contributed by atoms with E-state index in [1.165, 1.54) is 31.4 Å². The Balaban J connectivity index is 2.02. The lowest BCUT2D eigenvalue weighted by Crippen LogP contribution is -2.38. The summed E-state index contributed by atoms with van der Waals surface area (Å²) in [6, 6.07) is 0. The summed E-state index contributed by atoms with van der Waals surface area (Å²) in [5.74, 6) is 0.345. The van der Waals surface area contributed by atoms with Crippen LogP contribution in [-0.2, 0) is 9.53 Å². The van der Waals surface area contributed by atoms with Gasteiger partial charge in [-0.15, -0.1) is 0 Å². The minimum Gasteiger partial charge on any atom is -0.458 e. The fraction of sp³-hybridized carbons (Fsp3) is 0.667. The molecule has 0 aromatic heterocycles. The van der Waals surface area contributed by atoms with Crippen LogP contribution < -0.4 is 0 Å². The minimum atomic E-state index is -0.285. The van der Waals surface area contributed by atoms with Crippen LogP contribution in [0.1, 0.15) is 40.9 Å². The number of hydrogen-bond acceptors (Lipinski definition) is 2. The van der Waals surface area contributed by atoms with Gasteiger partial charge in [-0.2, -0.15) is 0 Å². The molecule has 4 atom stereocenters. The first kappa shape index (κ1) is 9.93. The van der Waals surface area contributed by atoms with E-state index in [2.05, 4.69) is 19.9 Å². The van der Waals surface area contributed by atoms with E-state index < -0.39 is 0 Å². The van der Waals surface area contributed by atoms with E-state index in [1.807, 2.05) is 0 Å². The second-order valence-corrected chi connectivity index (χ2v) is 6.10. The van der Waals surface area contributed by atoms with E-state index >= 15 is 0 Å². The predicted molar refractivity (Wildman–Crippen MR) is 66.3 cm³/mol. The lowest BCUT2D eigenvalue weighted by Gasteiger charge is -2.45. The number of hydrogen-bond donors (Lipinski definition) is 0. The van der Waals surface area contributed by atoms with Crippen molar-refractivity contribution in [2.45, 2.75) is 45.6 Å². The molecule has 0 radical (unpaired) electrons. The van der Waals surface area contributed by atoms with Gasteiger partial charge in [-0.05, 0) is 30.6 Å². The van der Waals surface area contributed by atoms with Crippen molar-refractivity contribution in [1.29, 1.82) is 0 Å². The molecule has 1 aliphatic heterocycles. The highest BCUT2D eigenvalue weighted by Gasteiger charge is 2.48. The molecule has 0 spiro atoms. The third-order valence-corrected chi connectivity index (χ3v) is 4.86. The molecule has 0 aromatic rings. The van der Waals surface area contributed by atoms with Crippen molar-refractivity contribution >= 4 is 5.97 Å². The van der Waals surface area contributed by atoms with Gasteiger partial charge in [0.1, 0.15) is 6.10 Å². The number of carbonyl (C=O) groups excluding carboxylic acids is 1. The Morgan fingerprint density at radius 1 is 1.65 bits per heavy atom. The summed E-state index contributed by atoms with van der Waals surface area (Å²) in [6.07, 6.45) is 6.84. The molecular weight excluding hydrogens is 212 g/mol.